The van der Waals surface area contributed by atoms with Crippen LogP contribution in [-0.4, -0.2) is 15.5 Å². The number of anilines is 1. The summed E-state index contributed by atoms with van der Waals surface area (Å²) in [5, 5.41) is 3.44. The lowest BCUT2D eigenvalue weighted by Crippen LogP contribution is -2.17. The number of fused-ring (bicyclic) bond motifs is 1. The van der Waals surface area contributed by atoms with E-state index in [-0.39, 0.29) is 11.5 Å². The molecule has 24 heavy (non-hydrogen) atoms. The summed E-state index contributed by atoms with van der Waals surface area (Å²) >= 11 is 1.25. The summed E-state index contributed by atoms with van der Waals surface area (Å²) in [6, 6.07) is 7.81. The smallest absolute Gasteiger partial charge is 0.266 e. The number of carbonyl (C=O) groups excluding carboxylic acids is 1. The van der Waals surface area contributed by atoms with Crippen LogP contribution in [-0.2, 0) is 7.05 Å². The van der Waals surface area contributed by atoms with Crippen molar-refractivity contribution in [1.29, 1.82) is 0 Å². The van der Waals surface area contributed by atoms with Crippen molar-refractivity contribution in [1.82, 2.24) is 9.55 Å². The Morgan fingerprint density at radius 1 is 1.33 bits per heavy atom. The minimum Gasteiger partial charge on any atom is -0.321 e. The fourth-order valence-corrected chi connectivity index (χ4v) is 3.62. The van der Waals surface area contributed by atoms with Crippen LogP contribution in [0.15, 0.2) is 35.4 Å². The fourth-order valence-electron chi connectivity index (χ4n) is 2.59. The van der Waals surface area contributed by atoms with Gasteiger partial charge in [-0.3, -0.25) is 9.59 Å². The largest absolute Gasteiger partial charge is 0.321 e. The summed E-state index contributed by atoms with van der Waals surface area (Å²) in [5.74, 6) is 0.179. The Balaban J connectivity index is 1.98. The van der Waals surface area contributed by atoms with E-state index >= 15 is 0 Å². The molecular weight excluding hydrogens is 322 g/mol. The topological polar surface area (TPSA) is 64.0 Å². The van der Waals surface area contributed by atoms with Gasteiger partial charge < -0.3 is 9.88 Å². The third-order valence-electron chi connectivity index (χ3n) is 4.03. The molecule has 2 heterocycles. The zero-order valence-corrected chi connectivity index (χ0v) is 14.9. The maximum atomic E-state index is 12.6. The molecule has 0 aliphatic rings. The number of rotatable bonds is 3. The maximum absolute atomic E-state index is 12.6. The van der Waals surface area contributed by atoms with E-state index in [1.54, 1.807) is 14.0 Å². The average molecular weight is 341 g/mol. The van der Waals surface area contributed by atoms with Gasteiger partial charge in [-0.05, 0) is 36.1 Å². The van der Waals surface area contributed by atoms with Crippen LogP contribution in [0.25, 0.3) is 10.2 Å². The lowest BCUT2D eigenvalue weighted by Gasteiger charge is -2.09. The van der Waals surface area contributed by atoms with Gasteiger partial charge in [0.25, 0.3) is 11.5 Å². The molecule has 0 spiro atoms. The number of amides is 1. The van der Waals surface area contributed by atoms with E-state index in [9.17, 15) is 9.59 Å². The number of hydrogen-bond donors (Lipinski definition) is 1. The highest BCUT2D eigenvalue weighted by molar-refractivity contribution is 7.20. The van der Waals surface area contributed by atoms with Gasteiger partial charge in [0.05, 0.1) is 16.6 Å². The average Bonchev–Trinajstić information content (AvgIpc) is 2.89. The molecule has 1 aromatic carbocycles. The van der Waals surface area contributed by atoms with Gasteiger partial charge in [0.2, 0.25) is 0 Å². The first-order valence-corrected chi connectivity index (χ1v) is 8.56. The third kappa shape index (κ3) is 2.85. The summed E-state index contributed by atoms with van der Waals surface area (Å²) in [4.78, 5) is 30.3. The molecule has 6 heteroatoms. The van der Waals surface area contributed by atoms with Crippen molar-refractivity contribution in [3.05, 3.63) is 57.0 Å². The van der Waals surface area contributed by atoms with Gasteiger partial charge >= 0.3 is 0 Å². The molecule has 0 aliphatic carbocycles. The highest BCUT2D eigenvalue weighted by atomic mass is 32.1. The van der Waals surface area contributed by atoms with Gasteiger partial charge in [0.15, 0.2) is 0 Å². The molecule has 0 saturated heterocycles. The first kappa shape index (κ1) is 16.4. The second-order valence-electron chi connectivity index (χ2n) is 6.13. The van der Waals surface area contributed by atoms with Gasteiger partial charge in [0, 0.05) is 12.7 Å². The molecule has 5 nitrogen and oxygen atoms in total. The van der Waals surface area contributed by atoms with Crippen LogP contribution >= 0.6 is 11.3 Å². The highest BCUT2D eigenvalue weighted by Gasteiger charge is 2.19. The molecule has 1 N–H and O–H groups in total. The van der Waals surface area contributed by atoms with Gasteiger partial charge in [-0.1, -0.05) is 26.0 Å². The van der Waals surface area contributed by atoms with Crippen LogP contribution in [0.1, 0.15) is 40.6 Å². The monoisotopic (exact) mass is 341 g/mol. The van der Waals surface area contributed by atoms with Crippen molar-refractivity contribution in [2.24, 2.45) is 7.05 Å². The molecule has 1 amide bonds. The molecule has 0 aliphatic heterocycles. The molecule has 0 unspecified atom stereocenters. The molecular formula is C18H19N3O2S. The zero-order valence-electron chi connectivity index (χ0n) is 14.1. The Kier molecular flexibility index (Phi) is 4.24. The molecule has 3 aromatic rings. The van der Waals surface area contributed by atoms with Crippen molar-refractivity contribution in [2.45, 2.75) is 26.7 Å². The predicted molar refractivity (Wildman–Crippen MR) is 98.1 cm³/mol. The van der Waals surface area contributed by atoms with E-state index in [4.69, 9.17) is 0 Å². The Labute approximate surface area is 144 Å². The standard InChI is InChI=1S/C18H19N3O2S/c1-10(2)12-6-5-7-13(8-12)20-16(22)15-11(3)14-17(24-15)19-9-21(4)18(14)23/h5-10H,1-4H3,(H,20,22). The van der Waals surface area contributed by atoms with Gasteiger partial charge in [-0.15, -0.1) is 11.3 Å². The third-order valence-corrected chi connectivity index (χ3v) is 5.23. The number of benzene rings is 1. The molecule has 0 bridgehead atoms. The SMILES string of the molecule is Cc1c(C(=O)Nc2cccc(C(C)C)c2)sc2ncn(C)c(=O)c12. The molecule has 0 fully saturated rings. The van der Waals surface area contributed by atoms with E-state index in [0.717, 1.165) is 11.3 Å². The Morgan fingerprint density at radius 3 is 2.79 bits per heavy atom. The van der Waals surface area contributed by atoms with E-state index in [0.29, 0.717) is 26.6 Å². The molecule has 0 atom stereocenters. The van der Waals surface area contributed by atoms with E-state index < -0.39 is 0 Å². The number of aromatic nitrogens is 2. The number of thiophene rings is 1. The highest BCUT2D eigenvalue weighted by Crippen LogP contribution is 2.28. The van der Waals surface area contributed by atoms with Gasteiger partial charge in [-0.2, -0.15) is 0 Å². The van der Waals surface area contributed by atoms with E-state index in [2.05, 4.69) is 24.1 Å². The summed E-state index contributed by atoms with van der Waals surface area (Å²) < 4.78 is 1.43. The Hall–Kier alpha value is -2.47. The second kappa shape index (κ2) is 6.20. The summed E-state index contributed by atoms with van der Waals surface area (Å²) in [6.07, 6.45) is 1.48. The Bertz CT molecular complexity index is 986. The Morgan fingerprint density at radius 2 is 2.08 bits per heavy atom. The molecule has 0 radical (unpaired) electrons. The fraction of sp³-hybridized carbons (Fsp3) is 0.278. The quantitative estimate of drug-likeness (QED) is 0.790. The minimum atomic E-state index is -0.210. The first-order chi connectivity index (χ1) is 11.4. The molecule has 2 aromatic heterocycles. The van der Waals surface area contributed by atoms with Crippen molar-refractivity contribution in [3.63, 3.8) is 0 Å². The first-order valence-electron chi connectivity index (χ1n) is 7.74. The van der Waals surface area contributed by atoms with Crippen LogP contribution in [0.2, 0.25) is 0 Å². The lowest BCUT2D eigenvalue weighted by atomic mass is 10.0. The normalized spacial score (nSPS) is 11.2. The molecule has 0 saturated carbocycles. The van der Waals surface area contributed by atoms with Crippen LogP contribution in [0, 0.1) is 6.92 Å². The van der Waals surface area contributed by atoms with Crippen LogP contribution in [0.5, 0.6) is 0 Å². The molecule has 124 valence electrons. The number of aryl methyl sites for hydroxylation is 2. The summed E-state index contributed by atoms with van der Waals surface area (Å²) in [5.41, 5.74) is 2.47. The van der Waals surface area contributed by atoms with E-state index in [1.807, 2.05) is 24.3 Å². The summed E-state index contributed by atoms with van der Waals surface area (Å²) in [7, 11) is 1.66. The summed E-state index contributed by atoms with van der Waals surface area (Å²) in [6.45, 7) is 6.01. The van der Waals surface area contributed by atoms with Gasteiger partial charge in [0.1, 0.15) is 4.83 Å². The molecule has 3 rings (SSSR count). The minimum absolute atomic E-state index is 0.130. The predicted octanol–water partition coefficient (Wildman–Crippen LogP) is 3.68. The van der Waals surface area contributed by atoms with Crippen molar-refractivity contribution < 1.29 is 4.79 Å². The number of carbonyl (C=O) groups is 1. The van der Waals surface area contributed by atoms with Crippen molar-refractivity contribution >= 4 is 33.1 Å². The second-order valence-corrected chi connectivity index (χ2v) is 7.13. The number of nitrogens with zero attached hydrogens (tertiary/aromatic N) is 2. The lowest BCUT2D eigenvalue weighted by molar-refractivity contribution is 0.103. The maximum Gasteiger partial charge on any atom is 0.266 e. The van der Waals surface area contributed by atoms with Crippen LogP contribution in [0.3, 0.4) is 0 Å². The number of hydrogen-bond acceptors (Lipinski definition) is 4. The number of nitrogens with one attached hydrogen (secondary N) is 1. The van der Waals surface area contributed by atoms with Crippen LogP contribution in [0.4, 0.5) is 5.69 Å². The van der Waals surface area contributed by atoms with Crippen LogP contribution < -0.4 is 10.9 Å². The zero-order chi connectivity index (χ0) is 17.4. The van der Waals surface area contributed by atoms with Crippen molar-refractivity contribution in [3.8, 4) is 0 Å². The van der Waals surface area contributed by atoms with Crippen molar-refractivity contribution in [2.75, 3.05) is 5.32 Å². The van der Waals surface area contributed by atoms with Gasteiger partial charge in [-0.25, -0.2) is 4.98 Å². The van der Waals surface area contributed by atoms with E-state index in [1.165, 1.54) is 22.2 Å².